The molecule has 0 spiro atoms. The predicted octanol–water partition coefficient (Wildman–Crippen LogP) is 3.24. The average molecular weight is 418 g/mol. The van der Waals surface area contributed by atoms with Crippen LogP contribution in [0.25, 0.3) is 0 Å². The third-order valence-corrected chi connectivity index (χ3v) is 5.20. The number of amides is 1. The number of aromatic nitrogens is 4. The van der Waals surface area contributed by atoms with Crippen LogP contribution in [0.15, 0.2) is 53.7 Å². The first-order valence-electron chi connectivity index (χ1n) is 8.32. The molecule has 2 aromatic heterocycles. The Hall–Kier alpha value is -2.85. The highest BCUT2D eigenvalue weighted by molar-refractivity contribution is 7.99. The summed E-state index contributed by atoms with van der Waals surface area (Å²) in [4.78, 5) is 16.1. The number of thioether (sulfide) groups is 1. The van der Waals surface area contributed by atoms with E-state index in [4.69, 9.17) is 9.47 Å². The fourth-order valence-corrected chi connectivity index (χ4v) is 3.61. The molecule has 28 heavy (non-hydrogen) atoms. The van der Waals surface area contributed by atoms with E-state index in [1.165, 1.54) is 23.1 Å². The zero-order valence-corrected chi connectivity index (χ0v) is 16.8. The van der Waals surface area contributed by atoms with Crippen LogP contribution in [0.5, 0.6) is 11.5 Å². The molecule has 0 aliphatic carbocycles. The Balaban J connectivity index is 1.63. The highest BCUT2D eigenvalue weighted by Gasteiger charge is 2.15. The number of benzene rings is 1. The van der Waals surface area contributed by atoms with Gasteiger partial charge in [-0.05, 0) is 12.1 Å². The number of thiazole rings is 1. The molecule has 3 rings (SSSR count). The van der Waals surface area contributed by atoms with Gasteiger partial charge in [0.05, 0.1) is 12.9 Å². The Bertz CT molecular complexity index is 927. The normalized spacial score (nSPS) is 10.5. The van der Waals surface area contributed by atoms with Gasteiger partial charge in [-0.15, -0.1) is 28.1 Å². The number of allylic oxidation sites excluding steroid dienone is 1. The lowest BCUT2D eigenvalue weighted by Gasteiger charge is -2.11. The summed E-state index contributed by atoms with van der Waals surface area (Å²) < 4.78 is 13.0. The Morgan fingerprint density at radius 3 is 2.89 bits per heavy atom. The highest BCUT2D eigenvalue weighted by Crippen LogP contribution is 2.27. The van der Waals surface area contributed by atoms with Crippen molar-refractivity contribution in [2.45, 2.75) is 18.3 Å². The largest absolute Gasteiger partial charge is 0.493 e. The van der Waals surface area contributed by atoms with Crippen LogP contribution in [0.4, 0.5) is 5.13 Å². The smallest absolute Gasteiger partial charge is 0.236 e. The van der Waals surface area contributed by atoms with Crippen molar-refractivity contribution < 1.29 is 14.3 Å². The lowest BCUT2D eigenvalue weighted by atomic mass is 10.3. The van der Waals surface area contributed by atoms with E-state index < -0.39 is 0 Å². The van der Waals surface area contributed by atoms with Crippen LogP contribution in [0.1, 0.15) is 5.82 Å². The predicted molar refractivity (Wildman–Crippen MR) is 109 cm³/mol. The van der Waals surface area contributed by atoms with E-state index in [0.29, 0.717) is 34.2 Å². The molecule has 0 atom stereocenters. The molecular weight excluding hydrogens is 398 g/mol. The van der Waals surface area contributed by atoms with Crippen LogP contribution >= 0.6 is 23.1 Å². The van der Waals surface area contributed by atoms with Crippen molar-refractivity contribution in [1.82, 2.24) is 19.7 Å². The highest BCUT2D eigenvalue weighted by atomic mass is 32.2. The summed E-state index contributed by atoms with van der Waals surface area (Å²) in [5.74, 6) is 1.94. The maximum atomic E-state index is 12.1. The van der Waals surface area contributed by atoms with Gasteiger partial charge >= 0.3 is 0 Å². The lowest BCUT2D eigenvalue weighted by Crippen LogP contribution is -2.14. The van der Waals surface area contributed by atoms with E-state index in [9.17, 15) is 4.79 Å². The minimum atomic E-state index is -0.153. The topological polar surface area (TPSA) is 91.2 Å². The number of rotatable bonds is 10. The summed E-state index contributed by atoms with van der Waals surface area (Å²) in [6, 6.07) is 7.39. The van der Waals surface area contributed by atoms with Crippen LogP contribution < -0.4 is 14.8 Å². The molecule has 1 amide bonds. The van der Waals surface area contributed by atoms with E-state index in [2.05, 4.69) is 27.1 Å². The van der Waals surface area contributed by atoms with Gasteiger partial charge in [-0.3, -0.25) is 9.36 Å². The van der Waals surface area contributed by atoms with Gasteiger partial charge in [0.15, 0.2) is 27.6 Å². The zero-order chi connectivity index (χ0) is 19.8. The summed E-state index contributed by atoms with van der Waals surface area (Å²) >= 11 is 2.66. The Kier molecular flexibility index (Phi) is 7.04. The van der Waals surface area contributed by atoms with Gasteiger partial charge in [-0.1, -0.05) is 30.0 Å². The first-order chi connectivity index (χ1) is 13.7. The number of carbonyl (C=O) groups is 1. The monoisotopic (exact) mass is 417 g/mol. The Labute approximate surface area is 170 Å². The maximum Gasteiger partial charge on any atom is 0.236 e. The van der Waals surface area contributed by atoms with Gasteiger partial charge in [-0.2, -0.15) is 0 Å². The molecule has 0 radical (unpaired) electrons. The molecule has 0 fully saturated rings. The first-order valence-corrected chi connectivity index (χ1v) is 10.2. The van der Waals surface area contributed by atoms with Crippen molar-refractivity contribution in [2.75, 3.05) is 18.2 Å². The zero-order valence-electron chi connectivity index (χ0n) is 15.2. The Morgan fingerprint density at radius 2 is 2.18 bits per heavy atom. The third-order valence-electron chi connectivity index (χ3n) is 3.54. The van der Waals surface area contributed by atoms with E-state index in [1.807, 2.05) is 28.8 Å². The van der Waals surface area contributed by atoms with Gasteiger partial charge in [0, 0.05) is 18.1 Å². The molecule has 2 heterocycles. The number of nitrogens with zero attached hydrogens (tertiary/aromatic N) is 4. The van der Waals surface area contributed by atoms with Crippen LogP contribution in [-0.4, -0.2) is 38.5 Å². The minimum Gasteiger partial charge on any atom is -0.493 e. The average Bonchev–Trinajstić information content (AvgIpc) is 3.35. The van der Waals surface area contributed by atoms with E-state index >= 15 is 0 Å². The number of hydrogen-bond donors (Lipinski definition) is 1. The summed E-state index contributed by atoms with van der Waals surface area (Å²) in [5.41, 5.74) is 0. The van der Waals surface area contributed by atoms with E-state index in [-0.39, 0.29) is 18.3 Å². The molecule has 1 aromatic carbocycles. The lowest BCUT2D eigenvalue weighted by molar-refractivity contribution is -0.113. The molecule has 0 saturated carbocycles. The molecule has 0 saturated heterocycles. The number of methoxy groups -OCH3 is 1. The third kappa shape index (κ3) is 5.11. The minimum absolute atomic E-state index is 0.153. The fourth-order valence-electron chi connectivity index (χ4n) is 2.30. The Morgan fingerprint density at radius 1 is 1.36 bits per heavy atom. The molecule has 146 valence electrons. The second-order valence-corrected chi connectivity index (χ2v) is 7.25. The number of para-hydroxylation sites is 2. The van der Waals surface area contributed by atoms with Crippen molar-refractivity contribution in [3.8, 4) is 11.5 Å². The van der Waals surface area contributed by atoms with Crippen molar-refractivity contribution in [2.24, 2.45) is 0 Å². The summed E-state index contributed by atoms with van der Waals surface area (Å²) in [5, 5.41) is 14.1. The van der Waals surface area contributed by atoms with Crippen LogP contribution in [0.2, 0.25) is 0 Å². The molecule has 0 aliphatic heterocycles. The van der Waals surface area contributed by atoms with Gasteiger partial charge in [0.1, 0.15) is 6.61 Å². The van der Waals surface area contributed by atoms with Crippen molar-refractivity contribution in [3.05, 3.63) is 54.3 Å². The quantitative estimate of drug-likeness (QED) is 0.400. The molecule has 0 aliphatic rings. The number of ether oxygens (including phenoxy) is 2. The molecule has 0 bridgehead atoms. The van der Waals surface area contributed by atoms with Crippen LogP contribution in [-0.2, 0) is 17.9 Å². The van der Waals surface area contributed by atoms with Crippen molar-refractivity contribution >= 4 is 34.1 Å². The van der Waals surface area contributed by atoms with Crippen LogP contribution in [0, 0.1) is 0 Å². The first kappa shape index (κ1) is 19.9. The summed E-state index contributed by atoms with van der Waals surface area (Å²) in [7, 11) is 1.59. The van der Waals surface area contributed by atoms with Gasteiger partial charge in [0.2, 0.25) is 5.91 Å². The number of hydrogen-bond acceptors (Lipinski definition) is 8. The molecule has 8 nitrogen and oxygen atoms in total. The van der Waals surface area contributed by atoms with Gasteiger partial charge in [-0.25, -0.2) is 4.98 Å². The number of carbonyl (C=O) groups excluding carboxylic acids is 1. The SMILES string of the molecule is C=CCn1c(COc2ccccc2OC)nnc1SCC(=O)Nc1nccs1. The second-order valence-electron chi connectivity index (χ2n) is 5.41. The number of nitrogens with one attached hydrogen (secondary N) is 1. The van der Waals surface area contributed by atoms with Gasteiger partial charge in [0.25, 0.3) is 0 Å². The standard InChI is InChI=1S/C18H19N5O3S2/c1-3-9-23-15(11-26-14-7-5-4-6-13(14)25-2)21-22-18(23)28-12-16(24)20-17-19-8-10-27-17/h3-8,10H,1,9,11-12H2,2H3,(H,19,20,24). The van der Waals surface area contributed by atoms with E-state index in [0.717, 1.165) is 0 Å². The van der Waals surface area contributed by atoms with Crippen molar-refractivity contribution in [3.63, 3.8) is 0 Å². The molecule has 10 heteroatoms. The second kappa shape index (κ2) is 9.90. The summed E-state index contributed by atoms with van der Waals surface area (Å²) in [6.45, 7) is 4.50. The fraction of sp³-hybridized carbons (Fsp3) is 0.222. The van der Waals surface area contributed by atoms with Gasteiger partial charge < -0.3 is 14.8 Å². The van der Waals surface area contributed by atoms with Crippen molar-refractivity contribution in [1.29, 1.82) is 0 Å². The van der Waals surface area contributed by atoms with E-state index in [1.54, 1.807) is 24.8 Å². The molecular formula is C18H19N5O3S2. The molecule has 3 aromatic rings. The molecule has 1 N–H and O–H groups in total. The summed E-state index contributed by atoms with van der Waals surface area (Å²) in [6.07, 6.45) is 3.39. The van der Waals surface area contributed by atoms with Crippen LogP contribution in [0.3, 0.4) is 0 Å². The maximum absolute atomic E-state index is 12.1. The number of anilines is 1. The molecule has 0 unspecified atom stereocenters.